The van der Waals surface area contributed by atoms with Crippen molar-refractivity contribution < 1.29 is 26.7 Å². The molecule has 1 spiro atoms. The summed E-state index contributed by atoms with van der Waals surface area (Å²) in [6, 6.07) is 5.10. The second-order valence-electron chi connectivity index (χ2n) is 6.40. The standard InChI is InChI=1S/C16H20F2N2O4S/c17-15(18)24-12-3-1-4-13(11-12)25(22,23)20-9-6-16(7-10-20)5-2-8-19-14(16)21/h1,3-4,11,15H,2,5-10H2,(H,19,21). The molecular weight excluding hydrogens is 354 g/mol. The van der Waals surface area contributed by atoms with Gasteiger partial charge in [-0.1, -0.05) is 6.07 Å². The molecule has 1 aromatic rings. The van der Waals surface area contributed by atoms with Gasteiger partial charge in [0, 0.05) is 25.7 Å². The Morgan fingerprint density at radius 2 is 1.92 bits per heavy atom. The SMILES string of the molecule is O=C1NCCCC12CCN(S(=O)(=O)c1cccc(OC(F)F)c1)CC2. The minimum atomic E-state index is -3.82. The molecule has 0 aromatic heterocycles. The summed E-state index contributed by atoms with van der Waals surface area (Å²) >= 11 is 0. The largest absolute Gasteiger partial charge is 0.435 e. The van der Waals surface area contributed by atoms with Gasteiger partial charge >= 0.3 is 6.61 Å². The smallest absolute Gasteiger partial charge is 0.387 e. The number of rotatable bonds is 4. The van der Waals surface area contributed by atoms with Crippen LogP contribution in [-0.4, -0.2) is 44.9 Å². The number of nitrogens with one attached hydrogen (secondary N) is 1. The lowest BCUT2D eigenvalue weighted by atomic mass is 9.73. The average molecular weight is 374 g/mol. The van der Waals surface area contributed by atoms with Crippen LogP contribution in [0.4, 0.5) is 8.78 Å². The van der Waals surface area contributed by atoms with E-state index in [1.54, 1.807) is 0 Å². The van der Waals surface area contributed by atoms with E-state index in [0.29, 0.717) is 19.4 Å². The van der Waals surface area contributed by atoms with Gasteiger partial charge in [-0.3, -0.25) is 4.79 Å². The number of piperidine rings is 2. The topological polar surface area (TPSA) is 75.7 Å². The van der Waals surface area contributed by atoms with Crippen LogP contribution < -0.4 is 10.1 Å². The molecule has 2 heterocycles. The van der Waals surface area contributed by atoms with E-state index in [2.05, 4.69) is 10.1 Å². The van der Waals surface area contributed by atoms with Gasteiger partial charge in [0.2, 0.25) is 15.9 Å². The van der Waals surface area contributed by atoms with Crippen LogP contribution in [0.1, 0.15) is 25.7 Å². The predicted octanol–water partition coefficient (Wildman–Crippen LogP) is 1.97. The van der Waals surface area contributed by atoms with Crippen molar-refractivity contribution in [3.63, 3.8) is 0 Å². The molecule has 1 amide bonds. The van der Waals surface area contributed by atoms with Crippen molar-refractivity contribution in [2.75, 3.05) is 19.6 Å². The van der Waals surface area contributed by atoms with Gasteiger partial charge < -0.3 is 10.1 Å². The minimum Gasteiger partial charge on any atom is -0.435 e. The van der Waals surface area contributed by atoms with Crippen molar-refractivity contribution in [1.82, 2.24) is 9.62 Å². The van der Waals surface area contributed by atoms with E-state index in [1.165, 1.54) is 22.5 Å². The van der Waals surface area contributed by atoms with E-state index in [9.17, 15) is 22.0 Å². The van der Waals surface area contributed by atoms with Crippen LogP contribution in [-0.2, 0) is 14.8 Å². The summed E-state index contributed by atoms with van der Waals surface area (Å²) in [5.74, 6) is -0.195. The van der Waals surface area contributed by atoms with Gasteiger partial charge in [-0.25, -0.2) is 8.42 Å². The number of hydrogen-bond donors (Lipinski definition) is 1. The fourth-order valence-corrected chi connectivity index (χ4v) is 5.00. The van der Waals surface area contributed by atoms with Gasteiger partial charge in [-0.2, -0.15) is 13.1 Å². The summed E-state index contributed by atoms with van der Waals surface area (Å²) in [5, 5.41) is 2.86. The number of alkyl halides is 2. The average Bonchev–Trinajstić information content (AvgIpc) is 2.58. The van der Waals surface area contributed by atoms with Crippen LogP contribution in [0.15, 0.2) is 29.2 Å². The molecule has 3 rings (SSSR count). The Balaban J connectivity index is 1.75. The molecule has 0 saturated carbocycles. The quantitative estimate of drug-likeness (QED) is 0.874. The molecule has 0 unspecified atom stereocenters. The number of hydrogen-bond acceptors (Lipinski definition) is 4. The molecule has 0 radical (unpaired) electrons. The number of sulfonamides is 1. The number of nitrogens with zero attached hydrogens (tertiary/aromatic N) is 1. The second kappa shape index (κ2) is 6.87. The molecule has 2 aliphatic rings. The molecule has 9 heteroatoms. The summed E-state index contributed by atoms with van der Waals surface area (Å²) in [5.41, 5.74) is -0.481. The van der Waals surface area contributed by atoms with Crippen molar-refractivity contribution in [2.24, 2.45) is 5.41 Å². The van der Waals surface area contributed by atoms with E-state index >= 15 is 0 Å². The van der Waals surface area contributed by atoms with Crippen molar-refractivity contribution in [3.8, 4) is 5.75 Å². The van der Waals surface area contributed by atoms with Crippen LogP contribution in [0, 0.1) is 5.41 Å². The molecule has 6 nitrogen and oxygen atoms in total. The Bertz CT molecular complexity index is 746. The zero-order valence-corrected chi connectivity index (χ0v) is 14.4. The maximum atomic E-state index is 12.8. The van der Waals surface area contributed by atoms with Gasteiger partial charge in [0.25, 0.3) is 0 Å². The van der Waals surface area contributed by atoms with Crippen LogP contribution in [0.25, 0.3) is 0 Å². The molecule has 0 aliphatic carbocycles. The Morgan fingerprint density at radius 1 is 1.20 bits per heavy atom. The zero-order valence-electron chi connectivity index (χ0n) is 13.6. The maximum absolute atomic E-state index is 12.8. The number of amides is 1. The van der Waals surface area contributed by atoms with Crippen LogP contribution in [0.5, 0.6) is 5.75 Å². The monoisotopic (exact) mass is 374 g/mol. The summed E-state index contributed by atoms with van der Waals surface area (Å²) in [7, 11) is -3.82. The fraction of sp³-hybridized carbons (Fsp3) is 0.562. The third-order valence-electron chi connectivity index (χ3n) is 4.95. The predicted molar refractivity (Wildman–Crippen MR) is 85.7 cm³/mol. The van der Waals surface area contributed by atoms with Gasteiger partial charge in [0.05, 0.1) is 10.3 Å². The lowest BCUT2D eigenvalue weighted by Crippen LogP contribution is -2.52. The Hall–Kier alpha value is -1.74. The van der Waals surface area contributed by atoms with E-state index in [1.807, 2.05) is 0 Å². The van der Waals surface area contributed by atoms with E-state index in [4.69, 9.17) is 0 Å². The Morgan fingerprint density at radius 3 is 2.56 bits per heavy atom. The summed E-state index contributed by atoms with van der Waals surface area (Å²) < 4.78 is 55.7. The second-order valence-corrected chi connectivity index (χ2v) is 8.34. The number of halogens is 2. The molecule has 2 aliphatic heterocycles. The first kappa shape index (κ1) is 18.1. The molecule has 25 heavy (non-hydrogen) atoms. The summed E-state index contributed by atoms with van der Waals surface area (Å²) in [6.07, 6.45) is 2.59. The Kier molecular flexibility index (Phi) is 4.97. The van der Waals surface area contributed by atoms with Gasteiger partial charge in [0.1, 0.15) is 5.75 Å². The fourth-order valence-electron chi connectivity index (χ4n) is 3.52. The van der Waals surface area contributed by atoms with Crippen LogP contribution in [0.3, 0.4) is 0 Å². The number of carbonyl (C=O) groups excluding carboxylic acids is 1. The van der Waals surface area contributed by atoms with E-state index in [-0.39, 0.29) is 29.6 Å². The molecule has 0 atom stereocenters. The van der Waals surface area contributed by atoms with Crippen molar-refractivity contribution in [2.45, 2.75) is 37.2 Å². The van der Waals surface area contributed by atoms with Crippen molar-refractivity contribution >= 4 is 15.9 Å². The summed E-state index contributed by atoms with van der Waals surface area (Å²) in [6.45, 7) is -1.89. The van der Waals surface area contributed by atoms with Gasteiger partial charge in [0.15, 0.2) is 0 Å². The highest BCUT2D eigenvalue weighted by Gasteiger charge is 2.44. The molecular formula is C16H20F2N2O4S. The Labute approximate surface area is 145 Å². The third kappa shape index (κ3) is 3.62. The normalized spacial score (nSPS) is 21.3. The third-order valence-corrected chi connectivity index (χ3v) is 6.84. The number of carbonyl (C=O) groups is 1. The lowest BCUT2D eigenvalue weighted by Gasteiger charge is -2.42. The molecule has 2 fully saturated rings. The number of benzene rings is 1. The highest BCUT2D eigenvalue weighted by atomic mass is 32.2. The molecule has 2 saturated heterocycles. The molecule has 138 valence electrons. The van der Waals surface area contributed by atoms with Crippen molar-refractivity contribution in [1.29, 1.82) is 0 Å². The first-order valence-electron chi connectivity index (χ1n) is 8.17. The molecule has 0 bridgehead atoms. The van der Waals surface area contributed by atoms with E-state index < -0.39 is 22.0 Å². The highest BCUT2D eigenvalue weighted by molar-refractivity contribution is 7.89. The first-order chi connectivity index (χ1) is 11.8. The first-order valence-corrected chi connectivity index (χ1v) is 9.61. The molecule has 1 N–H and O–H groups in total. The molecule has 1 aromatic carbocycles. The highest BCUT2D eigenvalue weighted by Crippen LogP contribution is 2.39. The van der Waals surface area contributed by atoms with E-state index in [0.717, 1.165) is 18.9 Å². The van der Waals surface area contributed by atoms with Gasteiger partial charge in [-0.15, -0.1) is 0 Å². The van der Waals surface area contributed by atoms with Crippen molar-refractivity contribution in [3.05, 3.63) is 24.3 Å². The number of ether oxygens (including phenoxy) is 1. The van der Waals surface area contributed by atoms with Crippen LogP contribution >= 0.6 is 0 Å². The van der Waals surface area contributed by atoms with Gasteiger partial charge in [-0.05, 0) is 37.8 Å². The summed E-state index contributed by atoms with van der Waals surface area (Å²) in [4.78, 5) is 12.1. The van der Waals surface area contributed by atoms with Crippen LogP contribution in [0.2, 0.25) is 0 Å². The maximum Gasteiger partial charge on any atom is 0.387 e. The lowest BCUT2D eigenvalue weighted by molar-refractivity contribution is -0.136. The minimum absolute atomic E-state index is 0.00290. The zero-order chi connectivity index (χ0) is 18.1.